The fraction of sp³-hybridized carbons (Fsp3) is 0.294. The Morgan fingerprint density at radius 2 is 1.95 bits per heavy atom. The molecule has 2 nitrogen and oxygen atoms in total. The smallest absolute Gasteiger partial charge is 0.121 e. The minimum atomic E-state index is 0.0957. The van der Waals surface area contributed by atoms with Crippen LogP contribution in [-0.2, 0) is 0 Å². The van der Waals surface area contributed by atoms with Crippen LogP contribution in [0.4, 0.5) is 0 Å². The minimum Gasteiger partial charge on any atom is -0.496 e. The fourth-order valence-corrected chi connectivity index (χ4v) is 2.65. The van der Waals surface area contributed by atoms with E-state index in [-0.39, 0.29) is 6.04 Å². The van der Waals surface area contributed by atoms with Gasteiger partial charge >= 0.3 is 0 Å². The van der Waals surface area contributed by atoms with Gasteiger partial charge in [-0.2, -0.15) is 0 Å². The summed E-state index contributed by atoms with van der Waals surface area (Å²) in [4.78, 5) is 0. The first-order valence-corrected chi connectivity index (χ1v) is 7.17. The minimum absolute atomic E-state index is 0.0957. The van der Waals surface area contributed by atoms with Crippen molar-refractivity contribution in [3.8, 4) is 5.75 Å². The maximum absolute atomic E-state index is 6.34. The Kier molecular flexibility index (Phi) is 5.05. The Balaban J connectivity index is 2.43. The van der Waals surface area contributed by atoms with Crippen LogP contribution in [0.3, 0.4) is 0 Å². The van der Waals surface area contributed by atoms with Crippen LogP contribution in [0.15, 0.2) is 42.5 Å². The van der Waals surface area contributed by atoms with Crippen LogP contribution in [0.5, 0.6) is 5.75 Å². The van der Waals surface area contributed by atoms with Crippen LogP contribution >= 0.6 is 11.6 Å². The molecule has 0 bridgehead atoms. The molecule has 106 valence electrons. The second-order valence-electron chi connectivity index (χ2n) is 4.74. The Bertz CT molecular complexity index is 583. The van der Waals surface area contributed by atoms with Crippen molar-refractivity contribution in [3.63, 3.8) is 0 Å². The van der Waals surface area contributed by atoms with Gasteiger partial charge in [-0.15, -0.1) is 0 Å². The first kappa shape index (κ1) is 14.9. The fourth-order valence-electron chi connectivity index (χ4n) is 2.40. The second-order valence-corrected chi connectivity index (χ2v) is 5.15. The van der Waals surface area contributed by atoms with Crippen molar-refractivity contribution < 1.29 is 4.74 Å². The first-order chi connectivity index (χ1) is 9.67. The van der Waals surface area contributed by atoms with E-state index in [4.69, 9.17) is 16.3 Å². The highest BCUT2D eigenvalue weighted by atomic mass is 35.5. The summed E-state index contributed by atoms with van der Waals surface area (Å²) in [5.74, 6) is 0.906. The van der Waals surface area contributed by atoms with Gasteiger partial charge in [0.05, 0.1) is 13.2 Å². The van der Waals surface area contributed by atoms with E-state index >= 15 is 0 Å². The third kappa shape index (κ3) is 3.14. The molecule has 0 aliphatic rings. The molecule has 1 atom stereocenters. The van der Waals surface area contributed by atoms with E-state index in [1.165, 1.54) is 5.56 Å². The van der Waals surface area contributed by atoms with Gasteiger partial charge in [0.1, 0.15) is 5.75 Å². The molecule has 0 saturated heterocycles. The van der Waals surface area contributed by atoms with Crippen molar-refractivity contribution >= 4 is 11.6 Å². The summed E-state index contributed by atoms with van der Waals surface area (Å²) in [6.07, 6.45) is 0. The van der Waals surface area contributed by atoms with E-state index < -0.39 is 0 Å². The average molecular weight is 290 g/mol. The third-order valence-corrected chi connectivity index (χ3v) is 3.72. The van der Waals surface area contributed by atoms with Crippen LogP contribution in [0.25, 0.3) is 0 Å². The second kappa shape index (κ2) is 6.78. The van der Waals surface area contributed by atoms with Gasteiger partial charge in [-0.3, -0.25) is 0 Å². The van der Waals surface area contributed by atoms with Gasteiger partial charge in [-0.1, -0.05) is 48.9 Å². The van der Waals surface area contributed by atoms with Gasteiger partial charge in [0.2, 0.25) is 0 Å². The van der Waals surface area contributed by atoms with Crippen molar-refractivity contribution in [2.75, 3.05) is 13.7 Å². The molecule has 0 saturated carbocycles. The van der Waals surface area contributed by atoms with Gasteiger partial charge < -0.3 is 10.1 Å². The zero-order valence-corrected chi connectivity index (χ0v) is 12.9. The molecule has 0 heterocycles. The van der Waals surface area contributed by atoms with Crippen molar-refractivity contribution in [2.24, 2.45) is 0 Å². The zero-order valence-electron chi connectivity index (χ0n) is 12.1. The Morgan fingerprint density at radius 1 is 1.20 bits per heavy atom. The highest BCUT2D eigenvalue weighted by Gasteiger charge is 2.16. The monoisotopic (exact) mass is 289 g/mol. The average Bonchev–Trinajstić information content (AvgIpc) is 2.46. The zero-order chi connectivity index (χ0) is 14.5. The summed E-state index contributed by atoms with van der Waals surface area (Å²) in [6, 6.07) is 14.3. The number of benzene rings is 2. The van der Waals surface area contributed by atoms with Gasteiger partial charge in [0.25, 0.3) is 0 Å². The summed E-state index contributed by atoms with van der Waals surface area (Å²) in [5, 5.41) is 4.28. The largest absolute Gasteiger partial charge is 0.496 e. The van der Waals surface area contributed by atoms with E-state index in [2.05, 4.69) is 37.4 Å². The van der Waals surface area contributed by atoms with E-state index in [9.17, 15) is 0 Å². The lowest BCUT2D eigenvalue weighted by Crippen LogP contribution is -2.22. The number of aryl methyl sites for hydroxylation is 1. The number of ether oxygens (including phenoxy) is 1. The van der Waals surface area contributed by atoms with Crippen LogP contribution in [0, 0.1) is 6.92 Å². The maximum Gasteiger partial charge on any atom is 0.121 e. The lowest BCUT2D eigenvalue weighted by atomic mass is 9.97. The van der Waals surface area contributed by atoms with Crippen molar-refractivity contribution in [1.82, 2.24) is 5.32 Å². The topological polar surface area (TPSA) is 21.3 Å². The molecule has 2 aromatic rings. The number of halogens is 1. The number of hydrogen-bond donors (Lipinski definition) is 1. The summed E-state index contributed by atoms with van der Waals surface area (Å²) in [7, 11) is 1.69. The molecule has 2 aromatic carbocycles. The highest BCUT2D eigenvalue weighted by Crippen LogP contribution is 2.30. The van der Waals surface area contributed by atoms with Gasteiger partial charge in [0.15, 0.2) is 0 Å². The first-order valence-electron chi connectivity index (χ1n) is 6.79. The van der Waals surface area contributed by atoms with E-state index in [1.54, 1.807) is 7.11 Å². The molecular weight excluding hydrogens is 270 g/mol. The number of rotatable bonds is 5. The third-order valence-electron chi connectivity index (χ3n) is 3.38. The molecule has 3 heteroatoms. The number of hydrogen-bond acceptors (Lipinski definition) is 2. The van der Waals surface area contributed by atoms with Crippen LogP contribution in [0.2, 0.25) is 5.02 Å². The highest BCUT2D eigenvalue weighted by molar-refractivity contribution is 6.31. The number of methoxy groups -OCH3 is 1. The molecule has 0 aromatic heterocycles. The molecule has 2 rings (SSSR count). The predicted octanol–water partition coefficient (Wildman–Crippen LogP) is 4.36. The summed E-state index contributed by atoms with van der Waals surface area (Å²) >= 11 is 6.34. The van der Waals surface area contributed by atoms with Crippen LogP contribution in [0.1, 0.15) is 29.7 Å². The Hall–Kier alpha value is -1.51. The molecule has 0 amide bonds. The quantitative estimate of drug-likeness (QED) is 0.883. The maximum atomic E-state index is 6.34. The van der Waals surface area contributed by atoms with Crippen LogP contribution in [-0.4, -0.2) is 13.7 Å². The molecule has 0 spiro atoms. The molecular formula is C17H20ClNO. The lowest BCUT2D eigenvalue weighted by molar-refractivity contribution is 0.411. The SMILES string of the molecule is CCNC(c1ccc(OC)c(C)c1)c1ccccc1Cl. The molecule has 1 unspecified atom stereocenters. The lowest BCUT2D eigenvalue weighted by Gasteiger charge is -2.21. The number of nitrogens with one attached hydrogen (secondary N) is 1. The Morgan fingerprint density at radius 3 is 2.55 bits per heavy atom. The predicted molar refractivity (Wildman–Crippen MR) is 84.7 cm³/mol. The molecule has 0 radical (unpaired) electrons. The molecule has 1 N–H and O–H groups in total. The standard InChI is InChI=1S/C17H20ClNO/c1-4-19-17(14-7-5-6-8-15(14)18)13-9-10-16(20-3)12(2)11-13/h5-11,17,19H,4H2,1-3H3. The normalized spacial score (nSPS) is 12.2. The molecule has 20 heavy (non-hydrogen) atoms. The van der Waals surface area contributed by atoms with Gasteiger partial charge in [-0.25, -0.2) is 0 Å². The molecule has 0 fully saturated rings. The van der Waals surface area contributed by atoms with Crippen LogP contribution < -0.4 is 10.1 Å². The van der Waals surface area contributed by atoms with E-state index in [0.29, 0.717) is 0 Å². The Labute approximate surface area is 125 Å². The van der Waals surface area contributed by atoms with E-state index in [0.717, 1.165) is 28.4 Å². The van der Waals surface area contributed by atoms with E-state index in [1.807, 2.05) is 24.3 Å². The molecule has 0 aliphatic heterocycles. The molecule has 0 aliphatic carbocycles. The van der Waals surface area contributed by atoms with Crippen molar-refractivity contribution in [1.29, 1.82) is 0 Å². The summed E-state index contributed by atoms with van der Waals surface area (Å²) in [6.45, 7) is 5.03. The van der Waals surface area contributed by atoms with Crippen molar-refractivity contribution in [2.45, 2.75) is 19.9 Å². The summed E-state index contributed by atoms with van der Waals surface area (Å²) < 4.78 is 5.32. The van der Waals surface area contributed by atoms with Gasteiger partial charge in [0, 0.05) is 5.02 Å². The van der Waals surface area contributed by atoms with Gasteiger partial charge in [-0.05, 0) is 42.3 Å². The van der Waals surface area contributed by atoms with Crippen molar-refractivity contribution in [3.05, 3.63) is 64.2 Å². The summed E-state index contributed by atoms with van der Waals surface area (Å²) in [5.41, 5.74) is 3.42.